The molecule has 0 radical (unpaired) electrons. The number of carbonyl (C=O) groups is 2. The summed E-state index contributed by atoms with van der Waals surface area (Å²) in [4.78, 5) is 38.5. The number of pyridine rings is 2. The topological polar surface area (TPSA) is 103 Å². The van der Waals surface area contributed by atoms with Gasteiger partial charge in [0.15, 0.2) is 0 Å². The predicted octanol–water partition coefficient (Wildman–Crippen LogP) is 4.33. The monoisotopic (exact) mass is 544 g/mol. The summed E-state index contributed by atoms with van der Waals surface area (Å²) in [6.07, 6.45) is 0.520. The third-order valence-electron chi connectivity index (χ3n) is 6.52. The molecule has 5 heterocycles. The van der Waals surface area contributed by atoms with Crippen LogP contribution in [-0.4, -0.2) is 68.6 Å². The van der Waals surface area contributed by atoms with Crippen molar-refractivity contribution in [2.24, 2.45) is 0 Å². The van der Waals surface area contributed by atoms with E-state index in [4.69, 9.17) is 14.5 Å². The standard InChI is InChI=1S/C26H27F3N6O4/c1-15-6-19(16-7-18(38-5)10-30-8-16)32-21-20(15)22(36)35(17-9-31-34(11-17)14-26(27,28)29)25(21)12-33(13-25)23(37)39-24(2,3)4/h6-11H,12-14H2,1-5H3. The zero-order chi connectivity index (χ0) is 28.3. The van der Waals surface area contributed by atoms with Gasteiger partial charge in [0.2, 0.25) is 0 Å². The molecule has 0 aromatic carbocycles. The maximum Gasteiger partial charge on any atom is 0.410 e. The van der Waals surface area contributed by atoms with E-state index in [9.17, 15) is 22.8 Å². The molecule has 2 amide bonds. The molecule has 206 valence electrons. The summed E-state index contributed by atoms with van der Waals surface area (Å²) in [5.41, 5.74) is 0.901. The van der Waals surface area contributed by atoms with E-state index < -0.39 is 35.9 Å². The summed E-state index contributed by atoms with van der Waals surface area (Å²) in [6.45, 7) is 5.78. The second-order valence-corrected chi connectivity index (χ2v) is 10.7. The smallest absolute Gasteiger partial charge is 0.410 e. The fourth-order valence-electron chi connectivity index (χ4n) is 4.94. The third-order valence-corrected chi connectivity index (χ3v) is 6.52. The van der Waals surface area contributed by atoms with Crippen LogP contribution in [0.15, 0.2) is 36.9 Å². The summed E-state index contributed by atoms with van der Waals surface area (Å²) in [5, 5.41) is 3.83. The van der Waals surface area contributed by atoms with E-state index in [0.717, 1.165) is 4.68 Å². The number of hydrogen-bond donors (Lipinski definition) is 0. The Morgan fingerprint density at radius 2 is 1.85 bits per heavy atom. The maximum absolute atomic E-state index is 13.8. The van der Waals surface area contributed by atoms with Gasteiger partial charge in [-0.25, -0.2) is 9.78 Å². The van der Waals surface area contributed by atoms with E-state index in [0.29, 0.717) is 33.8 Å². The first-order valence-corrected chi connectivity index (χ1v) is 12.1. The van der Waals surface area contributed by atoms with Crippen LogP contribution in [0, 0.1) is 6.92 Å². The molecule has 13 heteroatoms. The molecule has 1 spiro atoms. The molecule has 0 unspecified atom stereocenters. The molecule has 10 nitrogen and oxygen atoms in total. The van der Waals surface area contributed by atoms with E-state index in [2.05, 4.69) is 10.1 Å². The van der Waals surface area contributed by atoms with Crippen LogP contribution >= 0.6 is 0 Å². The van der Waals surface area contributed by atoms with Crippen molar-refractivity contribution in [1.29, 1.82) is 0 Å². The van der Waals surface area contributed by atoms with Gasteiger partial charge in [-0.1, -0.05) is 0 Å². The summed E-state index contributed by atoms with van der Waals surface area (Å²) >= 11 is 0. The first-order valence-electron chi connectivity index (χ1n) is 12.1. The lowest BCUT2D eigenvalue weighted by Gasteiger charge is -2.51. The van der Waals surface area contributed by atoms with Crippen LogP contribution in [-0.2, 0) is 16.8 Å². The largest absolute Gasteiger partial charge is 0.495 e. The number of rotatable bonds is 4. The molecule has 1 fully saturated rings. The number of aromatic nitrogens is 4. The van der Waals surface area contributed by atoms with Gasteiger partial charge >= 0.3 is 12.3 Å². The van der Waals surface area contributed by atoms with E-state index in [1.807, 2.05) is 0 Å². The summed E-state index contributed by atoms with van der Waals surface area (Å²) in [7, 11) is 1.52. The zero-order valence-corrected chi connectivity index (χ0v) is 22.0. The number of fused-ring (bicyclic) bond motifs is 2. The molecule has 39 heavy (non-hydrogen) atoms. The van der Waals surface area contributed by atoms with Gasteiger partial charge in [0, 0.05) is 18.0 Å². The minimum absolute atomic E-state index is 0.0390. The summed E-state index contributed by atoms with van der Waals surface area (Å²) in [5.74, 6) is 0.0948. The number of likely N-dealkylation sites (tertiary alicyclic amines) is 1. The molecule has 2 aliphatic rings. The Morgan fingerprint density at radius 3 is 2.49 bits per heavy atom. The molecular formula is C26H27F3N6O4. The first kappa shape index (κ1) is 26.4. The minimum Gasteiger partial charge on any atom is -0.495 e. The number of anilines is 1. The number of carbonyl (C=O) groups excluding carboxylic acids is 2. The Morgan fingerprint density at radius 1 is 1.13 bits per heavy atom. The predicted molar refractivity (Wildman–Crippen MR) is 133 cm³/mol. The normalized spacial score (nSPS) is 16.4. The average Bonchev–Trinajstić information content (AvgIpc) is 3.35. The van der Waals surface area contributed by atoms with Gasteiger partial charge in [-0.15, -0.1) is 0 Å². The van der Waals surface area contributed by atoms with Crippen molar-refractivity contribution in [2.45, 2.75) is 51.6 Å². The Hall–Kier alpha value is -4.16. The molecule has 5 rings (SSSR count). The van der Waals surface area contributed by atoms with Gasteiger partial charge in [-0.3, -0.25) is 19.4 Å². The molecule has 0 bridgehead atoms. The van der Waals surface area contributed by atoms with Gasteiger partial charge < -0.3 is 14.4 Å². The van der Waals surface area contributed by atoms with Crippen molar-refractivity contribution >= 4 is 17.7 Å². The molecule has 3 aromatic heterocycles. The van der Waals surface area contributed by atoms with E-state index in [-0.39, 0.29) is 18.8 Å². The molecule has 0 aliphatic carbocycles. The number of methoxy groups -OCH3 is 1. The maximum atomic E-state index is 13.8. The highest BCUT2D eigenvalue weighted by molar-refractivity contribution is 6.13. The molecule has 0 saturated carbocycles. The highest BCUT2D eigenvalue weighted by atomic mass is 19.4. The first-order chi connectivity index (χ1) is 18.2. The van der Waals surface area contributed by atoms with E-state index in [1.165, 1.54) is 29.3 Å². The van der Waals surface area contributed by atoms with Crippen LogP contribution in [0.4, 0.5) is 23.7 Å². The molecule has 1 saturated heterocycles. The minimum atomic E-state index is -4.49. The second-order valence-electron chi connectivity index (χ2n) is 10.7. The third kappa shape index (κ3) is 4.77. The highest BCUT2D eigenvalue weighted by Gasteiger charge is 2.61. The molecule has 3 aromatic rings. The lowest BCUT2D eigenvalue weighted by atomic mass is 9.84. The van der Waals surface area contributed by atoms with Crippen molar-refractivity contribution in [1.82, 2.24) is 24.6 Å². The Kier molecular flexibility index (Phi) is 6.07. The van der Waals surface area contributed by atoms with Gasteiger partial charge in [-0.05, 0) is 45.4 Å². The Bertz CT molecular complexity index is 1460. The van der Waals surface area contributed by atoms with Crippen molar-refractivity contribution in [3.8, 4) is 17.0 Å². The zero-order valence-electron chi connectivity index (χ0n) is 22.0. The average molecular weight is 545 g/mol. The van der Waals surface area contributed by atoms with Gasteiger partial charge in [-0.2, -0.15) is 18.3 Å². The van der Waals surface area contributed by atoms with Crippen molar-refractivity contribution in [3.63, 3.8) is 0 Å². The molecule has 0 N–H and O–H groups in total. The van der Waals surface area contributed by atoms with E-state index >= 15 is 0 Å². The SMILES string of the molecule is COc1cncc(-c2cc(C)c3c(n2)C2(CN(C(=O)OC(C)(C)C)C2)N(c2cnn(CC(F)(F)F)c2)C3=O)c1. The van der Waals surface area contributed by atoms with Crippen molar-refractivity contribution in [3.05, 3.63) is 53.7 Å². The number of amides is 2. The van der Waals surface area contributed by atoms with Crippen molar-refractivity contribution < 1.29 is 32.2 Å². The second kappa shape index (κ2) is 8.95. The van der Waals surface area contributed by atoms with Gasteiger partial charge in [0.25, 0.3) is 5.91 Å². The Balaban J connectivity index is 1.59. The van der Waals surface area contributed by atoms with Crippen LogP contribution in [0.3, 0.4) is 0 Å². The summed E-state index contributed by atoms with van der Waals surface area (Å²) < 4.78 is 50.6. The fraction of sp³-hybridized carbons (Fsp3) is 0.423. The lowest BCUT2D eigenvalue weighted by Crippen LogP contribution is -2.68. The summed E-state index contributed by atoms with van der Waals surface area (Å²) in [6, 6.07) is 3.51. The molecular weight excluding hydrogens is 517 g/mol. The van der Waals surface area contributed by atoms with Crippen LogP contribution in [0.2, 0.25) is 0 Å². The van der Waals surface area contributed by atoms with Crippen LogP contribution in [0.1, 0.15) is 42.4 Å². The number of nitrogens with zero attached hydrogens (tertiary/aromatic N) is 6. The molecule has 2 aliphatic heterocycles. The fourth-order valence-corrected chi connectivity index (χ4v) is 4.94. The van der Waals surface area contributed by atoms with Crippen LogP contribution in [0.25, 0.3) is 11.3 Å². The van der Waals surface area contributed by atoms with E-state index in [1.54, 1.807) is 52.2 Å². The number of halogens is 3. The number of alkyl halides is 3. The van der Waals surface area contributed by atoms with Gasteiger partial charge in [0.1, 0.15) is 23.4 Å². The Labute approximate surface area is 222 Å². The van der Waals surface area contributed by atoms with Crippen LogP contribution in [0.5, 0.6) is 5.75 Å². The quantitative estimate of drug-likeness (QED) is 0.482. The lowest BCUT2D eigenvalue weighted by molar-refractivity contribution is -0.142. The number of ether oxygens (including phenoxy) is 2. The number of aryl methyl sites for hydroxylation is 1. The van der Waals surface area contributed by atoms with Crippen LogP contribution < -0.4 is 9.64 Å². The number of hydrogen-bond acceptors (Lipinski definition) is 7. The van der Waals surface area contributed by atoms with Crippen molar-refractivity contribution in [2.75, 3.05) is 25.1 Å². The van der Waals surface area contributed by atoms with Gasteiger partial charge in [0.05, 0.1) is 55.2 Å². The highest BCUT2D eigenvalue weighted by Crippen LogP contribution is 2.49. The molecule has 0 atom stereocenters.